The molecule has 0 saturated heterocycles. The molecule has 0 unspecified atom stereocenters. The summed E-state index contributed by atoms with van der Waals surface area (Å²) in [5.41, 5.74) is 0.484. The summed E-state index contributed by atoms with van der Waals surface area (Å²) in [4.78, 5) is 11.9. The predicted octanol–water partition coefficient (Wildman–Crippen LogP) is 0.758. The smallest absolute Gasteiger partial charge is 0.423 e. The van der Waals surface area contributed by atoms with Gasteiger partial charge in [0.25, 0.3) is 5.91 Å². The lowest BCUT2D eigenvalue weighted by molar-refractivity contribution is 0.102. The van der Waals surface area contributed by atoms with Crippen LogP contribution in [0, 0.1) is 5.82 Å². The Hall–Kier alpha value is -2.18. The fraction of sp³-hybridized carbons (Fsp3) is 0. The van der Waals surface area contributed by atoms with Gasteiger partial charge in [0, 0.05) is 5.56 Å². The van der Waals surface area contributed by atoms with Gasteiger partial charge in [0.15, 0.2) is 0 Å². The zero-order valence-electron chi connectivity index (χ0n) is 9.88. The van der Waals surface area contributed by atoms with Crippen LogP contribution in [0.4, 0.5) is 10.1 Å². The molecule has 2 rings (SSSR count). The molecule has 0 aromatic heterocycles. The summed E-state index contributed by atoms with van der Waals surface area (Å²) in [5, 5.41) is 20.5. The molecule has 3 N–H and O–H groups in total. The molecule has 0 aliphatic rings. The van der Waals surface area contributed by atoms with E-state index in [0.29, 0.717) is 0 Å². The van der Waals surface area contributed by atoms with Crippen LogP contribution in [0.2, 0.25) is 0 Å². The Labute approximate surface area is 109 Å². The first-order chi connectivity index (χ1) is 9.08. The second-order valence-electron chi connectivity index (χ2n) is 3.93. The summed E-state index contributed by atoms with van der Waals surface area (Å²) in [6.45, 7) is 0. The number of amides is 1. The van der Waals surface area contributed by atoms with Gasteiger partial charge in [0.05, 0.1) is 5.69 Å². The van der Waals surface area contributed by atoms with Crippen molar-refractivity contribution in [3.05, 3.63) is 59.9 Å². The minimum Gasteiger partial charge on any atom is -0.423 e. The lowest BCUT2D eigenvalue weighted by Gasteiger charge is -2.07. The van der Waals surface area contributed by atoms with Crippen molar-refractivity contribution in [1.29, 1.82) is 0 Å². The third-order valence-electron chi connectivity index (χ3n) is 2.57. The Morgan fingerprint density at radius 3 is 2.53 bits per heavy atom. The number of hydrogen-bond acceptors (Lipinski definition) is 3. The third-order valence-corrected chi connectivity index (χ3v) is 2.57. The summed E-state index contributed by atoms with van der Waals surface area (Å²) in [6.07, 6.45) is 0. The molecule has 0 aliphatic carbocycles. The Balaban J connectivity index is 2.21. The number of carbonyl (C=O) groups excluding carboxylic acids is 1. The quantitative estimate of drug-likeness (QED) is 0.712. The van der Waals surface area contributed by atoms with Crippen molar-refractivity contribution in [3.63, 3.8) is 0 Å². The standard InChI is InChI=1S/C13H11BFNO3/c15-11-6-1-2-7-12(11)16-13(17)9-4-3-5-10(8-9)14(18)19/h1-8,18-19H,(H,16,17). The second kappa shape index (κ2) is 5.64. The SMILES string of the molecule is O=C(Nc1ccccc1F)c1cccc(B(O)O)c1. The van der Waals surface area contributed by atoms with Gasteiger partial charge in [-0.05, 0) is 29.7 Å². The van der Waals surface area contributed by atoms with Gasteiger partial charge in [-0.3, -0.25) is 4.79 Å². The van der Waals surface area contributed by atoms with Crippen LogP contribution in [0.3, 0.4) is 0 Å². The molecule has 6 heteroatoms. The highest BCUT2D eigenvalue weighted by molar-refractivity contribution is 6.58. The second-order valence-corrected chi connectivity index (χ2v) is 3.93. The summed E-state index contributed by atoms with van der Waals surface area (Å²) in [5.74, 6) is -1.05. The van der Waals surface area contributed by atoms with Crippen molar-refractivity contribution in [1.82, 2.24) is 0 Å². The Morgan fingerprint density at radius 1 is 1.11 bits per heavy atom. The molecule has 0 atom stereocenters. The Morgan fingerprint density at radius 2 is 1.84 bits per heavy atom. The average Bonchev–Trinajstić information content (AvgIpc) is 2.41. The van der Waals surface area contributed by atoms with E-state index in [-0.39, 0.29) is 16.7 Å². The maximum Gasteiger partial charge on any atom is 0.488 e. The fourth-order valence-electron chi connectivity index (χ4n) is 1.60. The average molecular weight is 259 g/mol. The summed E-state index contributed by atoms with van der Waals surface area (Å²) < 4.78 is 13.4. The van der Waals surface area contributed by atoms with Crippen LogP contribution in [0.5, 0.6) is 0 Å². The first kappa shape index (κ1) is 13.3. The molecule has 0 spiro atoms. The van der Waals surface area contributed by atoms with Crippen LogP contribution < -0.4 is 10.8 Å². The topological polar surface area (TPSA) is 69.6 Å². The molecular weight excluding hydrogens is 248 g/mol. The molecule has 96 valence electrons. The predicted molar refractivity (Wildman–Crippen MR) is 70.6 cm³/mol. The third kappa shape index (κ3) is 3.18. The van der Waals surface area contributed by atoms with E-state index in [4.69, 9.17) is 10.0 Å². The maximum atomic E-state index is 13.4. The van der Waals surface area contributed by atoms with Gasteiger partial charge >= 0.3 is 7.12 Å². The van der Waals surface area contributed by atoms with E-state index in [0.717, 1.165) is 0 Å². The molecule has 0 heterocycles. The lowest BCUT2D eigenvalue weighted by atomic mass is 9.79. The van der Waals surface area contributed by atoms with Crippen LogP contribution in [0.25, 0.3) is 0 Å². The van der Waals surface area contributed by atoms with Crippen LogP contribution in [0.1, 0.15) is 10.4 Å². The molecule has 2 aromatic rings. The van der Waals surface area contributed by atoms with Gasteiger partial charge in [-0.2, -0.15) is 0 Å². The number of hydrogen-bond donors (Lipinski definition) is 3. The number of benzene rings is 2. The molecule has 0 bridgehead atoms. The number of anilines is 1. The highest BCUT2D eigenvalue weighted by Crippen LogP contribution is 2.13. The molecule has 0 saturated carbocycles. The largest absolute Gasteiger partial charge is 0.488 e. The minimum absolute atomic E-state index is 0.0717. The van der Waals surface area contributed by atoms with Crippen molar-refractivity contribution in [2.24, 2.45) is 0 Å². The lowest BCUT2D eigenvalue weighted by Crippen LogP contribution is -2.30. The van der Waals surface area contributed by atoms with E-state index in [1.165, 1.54) is 42.5 Å². The van der Waals surface area contributed by atoms with Crippen molar-refractivity contribution < 1.29 is 19.2 Å². The zero-order valence-corrected chi connectivity index (χ0v) is 9.88. The number of carbonyl (C=O) groups is 1. The molecule has 19 heavy (non-hydrogen) atoms. The summed E-state index contributed by atoms with van der Waals surface area (Å²) >= 11 is 0. The number of rotatable bonds is 3. The number of halogens is 1. The van der Waals surface area contributed by atoms with E-state index >= 15 is 0 Å². The van der Waals surface area contributed by atoms with E-state index < -0.39 is 18.8 Å². The van der Waals surface area contributed by atoms with Crippen molar-refractivity contribution >= 4 is 24.2 Å². The van der Waals surface area contributed by atoms with E-state index in [9.17, 15) is 9.18 Å². The number of para-hydroxylation sites is 1. The first-order valence-corrected chi connectivity index (χ1v) is 5.60. The van der Waals surface area contributed by atoms with E-state index in [1.807, 2.05) is 0 Å². The molecule has 1 amide bonds. The number of nitrogens with one attached hydrogen (secondary N) is 1. The van der Waals surface area contributed by atoms with Gasteiger partial charge in [-0.1, -0.05) is 24.3 Å². The van der Waals surface area contributed by atoms with Crippen molar-refractivity contribution in [2.75, 3.05) is 5.32 Å². The molecule has 0 aliphatic heterocycles. The molecule has 0 radical (unpaired) electrons. The van der Waals surface area contributed by atoms with Crippen LogP contribution in [-0.2, 0) is 0 Å². The van der Waals surface area contributed by atoms with Crippen LogP contribution in [0.15, 0.2) is 48.5 Å². The van der Waals surface area contributed by atoms with Crippen LogP contribution >= 0.6 is 0 Å². The molecule has 0 fully saturated rings. The van der Waals surface area contributed by atoms with Crippen molar-refractivity contribution in [3.8, 4) is 0 Å². The molecular formula is C13H11BFNO3. The monoisotopic (exact) mass is 259 g/mol. The minimum atomic E-state index is -1.65. The zero-order chi connectivity index (χ0) is 13.8. The molecule has 2 aromatic carbocycles. The van der Waals surface area contributed by atoms with E-state index in [1.54, 1.807) is 6.07 Å². The first-order valence-electron chi connectivity index (χ1n) is 5.60. The highest BCUT2D eigenvalue weighted by atomic mass is 19.1. The van der Waals surface area contributed by atoms with E-state index in [2.05, 4.69) is 5.32 Å². The highest BCUT2D eigenvalue weighted by Gasteiger charge is 2.14. The molecule has 4 nitrogen and oxygen atoms in total. The van der Waals surface area contributed by atoms with Crippen molar-refractivity contribution in [2.45, 2.75) is 0 Å². The van der Waals surface area contributed by atoms with Gasteiger partial charge in [-0.25, -0.2) is 4.39 Å². The Bertz CT molecular complexity index is 604. The summed E-state index contributed by atoms with van der Waals surface area (Å²) in [6, 6.07) is 11.6. The maximum absolute atomic E-state index is 13.4. The van der Waals surface area contributed by atoms with Gasteiger partial charge in [-0.15, -0.1) is 0 Å². The van der Waals surface area contributed by atoms with Gasteiger partial charge in [0.1, 0.15) is 5.82 Å². The van der Waals surface area contributed by atoms with Gasteiger partial charge in [0.2, 0.25) is 0 Å². The normalized spacial score (nSPS) is 10.1. The fourth-order valence-corrected chi connectivity index (χ4v) is 1.60. The van der Waals surface area contributed by atoms with Crippen LogP contribution in [-0.4, -0.2) is 23.1 Å². The summed E-state index contributed by atoms with van der Waals surface area (Å²) in [7, 11) is -1.65. The Kier molecular flexibility index (Phi) is 3.94. The van der Waals surface area contributed by atoms with Gasteiger partial charge < -0.3 is 15.4 Å².